The number of unbranched alkanes of at least 4 members (excludes halogenated alkanes) is 10. The molecule has 2 nitrogen and oxygen atoms in total. The Morgan fingerprint density at radius 3 is 1.24 bits per heavy atom. The van der Waals surface area contributed by atoms with Crippen LogP contribution < -0.4 is 9.47 Å². The van der Waals surface area contributed by atoms with Gasteiger partial charge in [0.25, 0.3) is 0 Å². The lowest BCUT2D eigenvalue weighted by atomic mass is 9.67. The van der Waals surface area contributed by atoms with E-state index in [0.717, 1.165) is 46.5 Å². The summed E-state index contributed by atoms with van der Waals surface area (Å²) in [7, 11) is 0. The van der Waals surface area contributed by atoms with Crippen molar-refractivity contribution < 1.29 is 9.47 Å². The van der Waals surface area contributed by atoms with Crippen LogP contribution in [0.5, 0.6) is 11.5 Å². The second-order valence-corrected chi connectivity index (χ2v) is 14.2. The summed E-state index contributed by atoms with van der Waals surface area (Å²) in [5.41, 5.74) is 7.09. The molecule has 0 unspecified atom stereocenters. The molecule has 45 heavy (non-hydrogen) atoms. The van der Waals surface area contributed by atoms with Gasteiger partial charge in [0.2, 0.25) is 0 Å². The van der Waals surface area contributed by atoms with Gasteiger partial charge in [0.05, 0.1) is 18.6 Å². The van der Waals surface area contributed by atoms with Crippen LogP contribution in [-0.2, 0) is 5.41 Å². The zero-order chi connectivity index (χ0) is 31.5. The van der Waals surface area contributed by atoms with Crippen LogP contribution in [0.3, 0.4) is 0 Å². The molecule has 4 aromatic carbocycles. The molecule has 0 fully saturated rings. The predicted molar refractivity (Wildman–Crippen MR) is 197 cm³/mol. The summed E-state index contributed by atoms with van der Waals surface area (Å²) in [6.45, 7) is 6.06. The molecule has 0 saturated carbocycles. The average Bonchev–Trinajstić information content (AvgIpc) is 3.33. The quantitative estimate of drug-likeness (QED) is 0.0835. The first-order valence-electron chi connectivity index (χ1n) is 17.1. The fourth-order valence-electron chi connectivity index (χ4n) is 6.80. The number of hydrogen-bond acceptors (Lipinski definition) is 2. The van der Waals surface area contributed by atoms with Gasteiger partial charge in [0.15, 0.2) is 0 Å². The molecule has 1 aliphatic carbocycles. The maximum atomic E-state index is 6.20. The molecule has 4 heteroatoms. The summed E-state index contributed by atoms with van der Waals surface area (Å²) in [5, 5.41) is 0. The average molecular weight is 733 g/mol. The van der Waals surface area contributed by atoms with Crippen molar-refractivity contribution in [2.75, 3.05) is 13.2 Å². The van der Waals surface area contributed by atoms with Crippen molar-refractivity contribution in [3.63, 3.8) is 0 Å². The summed E-state index contributed by atoms with van der Waals surface area (Å²) in [6, 6.07) is 31.1. The molecule has 0 N–H and O–H groups in total. The molecule has 5 rings (SSSR count). The Kier molecular flexibility index (Phi) is 12.6. The highest BCUT2D eigenvalue weighted by atomic mass is 79.9. The smallest absolute Gasteiger partial charge is 0.119 e. The Labute approximate surface area is 288 Å². The molecule has 0 aromatic heterocycles. The van der Waals surface area contributed by atoms with E-state index in [1.807, 2.05) is 0 Å². The van der Waals surface area contributed by atoms with Gasteiger partial charge in [-0.25, -0.2) is 0 Å². The van der Waals surface area contributed by atoms with Gasteiger partial charge in [0.1, 0.15) is 11.5 Å². The van der Waals surface area contributed by atoms with Gasteiger partial charge >= 0.3 is 0 Å². The van der Waals surface area contributed by atoms with Crippen LogP contribution in [0.1, 0.15) is 113 Å². The Morgan fingerprint density at radius 2 is 0.844 bits per heavy atom. The summed E-state index contributed by atoms with van der Waals surface area (Å²) in [6.07, 6.45) is 15.2. The molecular formula is C41H48Br2O2. The SMILES string of the molecule is CCCCCCCCOc1ccc(C2(c3ccc(OCCCCCCCC)cc3)c3cc(Br)ccc3-c3ccc(Br)cc32)cc1. The lowest BCUT2D eigenvalue weighted by Crippen LogP contribution is -2.28. The molecule has 0 heterocycles. The third kappa shape index (κ3) is 8.06. The summed E-state index contributed by atoms with van der Waals surface area (Å²) in [5.74, 6) is 1.87. The second-order valence-electron chi connectivity index (χ2n) is 12.4. The van der Waals surface area contributed by atoms with Gasteiger partial charge in [-0.1, -0.05) is 146 Å². The zero-order valence-electron chi connectivity index (χ0n) is 27.1. The normalized spacial score (nSPS) is 13.0. The number of ether oxygens (including phenoxy) is 2. The molecule has 0 saturated heterocycles. The first-order chi connectivity index (χ1) is 22.1. The van der Waals surface area contributed by atoms with Gasteiger partial charge in [-0.3, -0.25) is 0 Å². The van der Waals surface area contributed by atoms with E-state index >= 15 is 0 Å². The molecular weight excluding hydrogens is 684 g/mol. The standard InChI is InChI=1S/C41H48Br2O2/c1-3-5-7-9-11-13-27-44-35-21-15-31(16-22-35)41(32-17-23-36(24-18-32)45-28-14-12-10-8-6-4-2)39-29-33(42)19-25-37(39)38-26-20-34(43)30-40(38)41/h15-26,29-30H,3-14,27-28H2,1-2H3. The van der Waals surface area contributed by atoms with Gasteiger partial charge < -0.3 is 9.47 Å². The van der Waals surface area contributed by atoms with Gasteiger partial charge in [0, 0.05) is 8.95 Å². The van der Waals surface area contributed by atoms with E-state index in [0.29, 0.717) is 0 Å². The van der Waals surface area contributed by atoms with Crippen molar-refractivity contribution >= 4 is 31.9 Å². The highest BCUT2D eigenvalue weighted by Gasteiger charge is 2.46. The summed E-state index contributed by atoms with van der Waals surface area (Å²) in [4.78, 5) is 0. The van der Waals surface area contributed by atoms with Gasteiger partial charge in [-0.15, -0.1) is 0 Å². The number of rotatable bonds is 18. The van der Waals surface area contributed by atoms with Crippen LogP contribution in [0.2, 0.25) is 0 Å². The molecule has 0 amide bonds. The van der Waals surface area contributed by atoms with Crippen molar-refractivity contribution in [1.82, 2.24) is 0 Å². The van der Waals surface area contributed by atoms with E-state index in [9.17, 15) is 0 Å². The first kappa shape index (κ1) is 33.8. The topological polar surface area (TPSA) is 18.5 Å². The van der Waals surface area contributed by atoms with Crippen LogP contribution in [0.15, 0.2) is 93.9 Å². The number of fused-ring (bicyclic) bond motifs is 3. The highest BCUT2D eigenvalue weighted by Crippen LogP contribution is 2.57. The van der Waals surface area contributed by atoms with Crippen molar-refractivity contribution in [2.45, 2.75) is 96.3 Å². The minimum Gasteiger partial charge on any atom is -0.494 e. The number of halogens is 2. The highest BCUT2D eigenvalue weighted by molar-refractivity contribution is 9.10. The Balaban J connectivity index is 1.43. The predicted octanol–water partition coefficient (Wildman–Crippen LogP) is 13.1. The number of benzene rings is 4. The third-order valence-electron chi connectivity index (χ3n) is 9.17. The van der Waals surface area contributed by atoms with Crippen LogP contribution in [-0.4, -0.2) is 13.2 Å². The lowest BCUT2D eigenvalue weighted by Gasteiger charge is -2.34. The fourth-order valence-corrected chi connectivity index (χ4v) is 7.53. The third-order valence-corrected chi connectivity index (χ3v) is 10.2. The van der Waals surface area contributed by atoms with Crippen molar-refractivity contribution in [2.24, 2.45) is 0 Å². The van der Waals surface area contributed by atoms with Crippen LogP contribution >= 0.6 is 31.9 Å². The largest absolute Gasteiger partial charge is 0.494 e. The number of hydrogen-bond donors (Lipinski definition) is 0. The molecule has 0 bridgehead atoms. The maximum Gasteiger partial charge on any atom is 0.119 e. The van der Waals surface area contributed by atoms with Crippen molar-refractivity contribution in [3.8, 4) is 22.6 Å². The molecule has 238 valence electrons. The van der Waals surface area contributed by atoms with Crippen molar-refractivity contribution in [1.29, 1.82) is 0 Å². The Hall–Kier alpha value is -2.56. The van der Waals surface area contributed by atoms with Crippen LogP contribution in [0.25, 0.3) is 11.1 Å². The van der Waals surface area contributed by atoms with E-state index in [1.54, 1.807) is 0 Å². The monoisotopic (exact) mass is 730 g/mol. The molecule has 4 aromatic rings. The maximum absolute atomic E-state index is 6.20. The first-order valence-corrected chi connectivity index (χ1v) is 18.7. The van der Waals surface area contributed by atoms with E-state index < -0.39 is 5.41 Å². The summed E-state index contributed by atoms with van der Waals surface area (Å²) >= 11 is 7.61. The van der Waals surface area contributed by atoms with E-state index in [2.05, 4.69) is 131 Å². The van der Waals surface area contributed by atoms with E-state index in [-0.39, 0.29) is 0 Å². The van der Waals surface area contributed by atoms with Crippen LogP contribution in [0.4, 0.5) is 0 Å². The van der Waals surface area contributed by atoms with E-state index in [4.69, 9.17) is 9.47 Å². The van der Waals surface area contributed by atoms with Gasteiger partial charge in [-0.05, 0) is 94.8 Å². The van der Waals surface area contributed by atoms with Crippen LogP contribution in [0, 0.1) is 0 Å². The summed E-state index contributed by atoms with van der Waals surface area (Å²) < 4.78 is 14.6. The molecule has 1 aliphatic rings. The Morgan fingerprint density at radius 1 is 0.467 bits per heavy atom. The molecule has 0 spiro atoms. The van der Waals surface area contributed by atoms with Gasteiger partial charge in [-0.2, -0.15) is 0 Å². The molecule has 0 aliphatic heterocycles. The molecule has 0 atom stereocenters. The molecule has 0 radical (unpaired) electrons. The minimum absolute atomic E-state index is 0.478. The lowest BCUT2D eigenvalue weighted by molar-refractivity contribution is 0.304. The zero-order valence-corrected chi connectivity index (χ0v) is 30.2. The fraction of sp³-hybridized carbons (Fsp3) is 0.415. The Bertz CT molecular complexity index is 1380. The van der Waals surface area contributed by atoms with E-state index in [1.165, 1.54) is 97.6 Å². The minimum atomic E-state index is -0.478. The second kappa shape index (κ2) is 16.8. The van der Waals surface area contributed by atoms with Crippen molar-refractivity contribution in [3.05, 3.63) is 116 Å².